The van der Waals surface area contributed by atoms with E-state index in [9.17, 15) is 0 Å². The van der Waals surface area contributed by atoms with Crippen LogP contribution in [0.25, 0.3) is 0 Å². The Kier molecular flexibility index (Phi) is 3.41. The Labute approximate surface area is 94.2 Å². The van der Waals surface area contributed by atoms with Crippen molar-refractivity contribution in [3.63, 3.8) is 0 Å². The van der Waals surface area contributed by atoms with Crippen LogP contribution in [0.2, 0.25) is 0 Å². The highest BCUT2D eigenvalue weighted by atomic mass is 79.9. The van der Waals surface area contributed by atoms with Crippen LogP contribution in [0.5, 0.6) is 0 Å². The van der Waals surface area contributed by atoms with Gasteiger partial charge in [-0.3, -0.25) is 0 Å². The molecule has 1 aliphatic carbocycles. The topological polar surface area (TPSA) is 0 Å². The molecule has 0 nitrogen and oxygen atoms in total. The van der Waals surface area contributed by atoms with E-state index >= 15 is 0 Å². The first-order chi connectivity index (χ1) is 6.86. The van der Waals surface area contributed by atoms with Crippen molar-refractivity contribution in [2.45, 2.75) is 32.1 Å². The van der Waals surface area contributed by atoms with E-state index in [0.717, 1.165) is 0 Å². The quantitative estimate of drug-likeness (QED) is 0.694. The molecule has 0 spiro atoms. The molecular formula is C13H15Br. The maximum Gasteiger partial charge on any atom is 0.0207 e. The van der Waals surface area contributed by atoms with Crippen LogP contribution >= 0.6 is 15.9 Å². The third-order valence-electron chi connectivity index (χ3n) is 2.81. The summed E-state index contributed by atoms with van der Waals surface area (Å²) >= 11 is 3.59. The molecule has 0 fully saturated rings. The summed E-state index contributed by atoms with van der Waals surface area (Å²) in [7, 11) is 0. The zero-order valence-corrected chi connectivity index (χ0v) is 9.89. The summed E-state index contributed by atoms with van der Waals surface area (Å²) in [6, 6.07) is 8.52. The van der Waals surface area contributed by atoms with Crippen molar-refractivity contribution >= 4 is 15.9 Å². The Morgan fingerprint density at radius 2 is 2.00 bits per heavy atom. The average Bonchev–Trinajstić information content (AvgIpc) is 2.69. The normalized spacial score (nSPS) is 15.6. The van der Waals surface area contributed by atoms with Gasteiger partial charge in [-0.15, -0.1) is 0 Å². The first kappa shape index (κ1) is 9.97. The van der Waals surface area contributed by atoms with Crippen molar-refractivity contribution in [3.05, 3.63) is 46.0 Å². The fourth-order valence-electron chi connectivity index (χ4n) is 1.96. The van der Waals surface area contributed by atoms with E-state index in [2.05, 4.69) is 46.3 Å². The van der Waals surface area contributed by atoms with Gasteiger partial charge in [0.05, 0.1) is 0 Å². The molecule has 2 rings (SSSR count). The van der Waals surface area contributed by atoms with Crippen LogP contribution in [-0.4, -0.2) is 0 Å². The lowest BCUT2D eigenvalue weighted by molar-refractivity contribution is 0.843. The van der Waals surface area contributed by atoms with Crippen molar-refractivity contribution in [1.29, 1.82) is 0 Å². The minimum atomic E-state index is 1.17. The number of hydrogen-bond donors (Lipinski definition) is 0. The molecule has 74 valence electrons. The van der Waals surface area contributed by atoms with Crippen molar-refractivity contribution in [1.82, 2.24) is 0 Å². The van der Waals surface area contributed by atoms with Crippen molar-refractivity contribution < 1.29 is 0 Å². The first-order valence-corrected chi connectivity index (χ1v) is 6.07. The minimum absolute atomic E-state index is 1.17. The van der Waals surface area contributed by atoms with Gasteiger partial charge in [0.15, 0.2) is 0 Å². The summed E-state index contributed by atoms with van der Waals surface area (Å²) in [5.74, 6) is 0. The van der Waals surface area contributed by atoms with Gasteiger partial charge in [0.25, 0.3) is 0 Å². The molecule has 0 unspecified atom stereocenters. The van der Waals surface area contributed by atoms with Crippen LogP contribution in [0, 0.1) is 0 Å². The second-order valence-corrected chi connectivity index (χ2v) is 4.70. The van der Waals surface area contributed by atoms with E-state index < -0.39 is 0 Å². The van der Waals surface area contributed by atoms with Gasteiger partial charge in [0.1, 0.15) is 0 Å². The Bertz CT molecular complexity index is 339. The largest absolute Gasteiger partial charge is 0.0853 e. The molecule has 0 saturated heterocycles. The maximum absolute atomic E-state index is 3.59. The van der Waals surface area contributed by atoms with Gasteiger partial charge in [-0.1, -0.05) is 45.8 Å². The number of aryl methyl sites for hydroxylation is 1. The molecular weight excluding hydrogens is 236 g/mol. The van der Waals surface area contributed by atoms with Crippen molar-refractivity contribution in [3.8, 4) is 0 Å². The van der Waals surface area contributed by atoms with Crippen LogP contribution in [0.3, 0.4) is 0 Å². The average molecular weight is 251 g/mol. The molecule has 0 saturated carbocycles. The third-order valence-corrected chi connectivity index (χ3v) is 3.58. The van der Waals surface area contributed by atoms with Crippen LogP contribution < -0.4 is 0 Å². The van der Waals surface area contributed by atoms with Crippen molar-refractivity contribution in [2.75, 3.05) is 0 Å². The van der Waals surface area contributed by atoms with Crippen LogP contribution in [0.15, 0.2) is 40.4 Å². The lowest BCUT2D eigenvalue weighted by Crippen LogP contribution is -1.88. The highest BCUT2D eigenvalue weighted by Gasteiger charge is 2.05. The van der Waals surface area contributed by atoms with E-state index in [4.69, 9.17) is 0 Å². The molecule has 1 heteroatoms. The smallest absolute Gasteiger partial charge is 0.0207 e. The summed E-state index contributed by atoms with van der Waals surface area (Å²) in [5, 5.41) is 0. The summed E-state index contributed by atoms with van der Waals surface area (Å²) in [4.78, 5) is 0. The SMILES string of the molecule is Brc1ccccc1CCC1=CCCC1. The number of halogens is 1. The summed E-state index contributed by atoms with van der Waals surface area (Å²) in [6.45, 7) is 0. The standard InChI is InChI=1S/C13H15Br/c14-13-8-4-3-7-12(13)10-9-11-5-1-2-6-11/h3-5,7-8H,1-2,6,9-10H2. The van der Waals surface area contributed by atoms with Crippen molar-refractivity contribution in [2.24, 2.45) is 0 Å². The third kappa shape index (κ3) is 2.48. The second-order valence-electron chi connectivity index (χ2n) is 3.85. The molecule has 1 aliphatic rings. The fourth-order valence-corrected chi connectivity index (χ4v) is 2.44. The monoisotopic (exact) mass is 250 g/mol. The summed E-state index contributed by atoms with van der Waals surface area (Å²) in [6.07, 6.45) is 8.81. The number of allylic oxidation sites excluding steroid dienone is 2. The van der Waals surface area contributed by atoms with E-state index in [0.29, 0.717) is 0 Å². The zero-order chi connectivity index (χ0) is 9.80. The molecule has 0 atom stereocenters. The van der Waals surface area contributed by atoms with E-state index in [1.807, 2.05) is 0 Å². The predicted octanol–water partition coefficient (Wildman–Crippen LogP) is 4.49. The summed E-state index contributed by atoms with van der Waals surface area (Å²) < 4.78 is 1.25. The number of rotatable bonds is 3. The number of hydrogen-bond acceptors (Lipinski definition) is 0. The lowest BCUT2D eigenvalue weighted by Gasteiger charge is -2.04. The fraction of sp³-hybridized carbons (Fsp3) is 0.385. The van der Waals surface area contributed by atoms with Gasteiger partial charge in [-0.25, -0.2) is 0 Å². The molecule has 0 bridgehead atoms. The molecule has 0 heterocycles. The van der Waals surface area contributed by atoms with Gasteiger partial charge >= 0.3 is 0 Å². The van der Waals surface area contributed by atoms with E-state index in [1.165, 1.54) is 42.1 Å². The highest BCUT2D eigenvalue weighted by Crippen LogP contribution is 2.24. The van der Waals surface area contributed by atoms with Gasteiger partial charge in [-0.05, 0) is 43.7 Å². The Hall–Kier alpha value is -0.560. The maximum atomic E-state index is 3.59. The molecule has 0 radical (unpaired) electrons. The number of benzene rings is 1. The Balaban J connectivity index is 1.94. The van der Waals surface area contributed by atoms with Gasteiger partial charge in [0.2, 0.25) is 0 Å². The minimum Gasteiger partial charge on any atom is -0.0853 e. The molecule has 1 aromatic carbocycles. The highest BCUT2D eigenvalue weighted by molar-refractivity contribution is 9.10. The summed E-state index contributed by atoms with van der Waals surface area (Å²) in [5.41, 5.74) is 3.08. The molecule has 14 heavy (non-hydrogen) atoms. The molecule has 0 aliphatic heterocycles. The first-order valence-electron chi connectivity index (χ1n) is 5.27. The van der Waals surface area contributed by atoms with Gasteiger partial charge in [0, 0.05) is 4.47 Å². The molecule has 0 amide bonds. The van der Waals surface area contributed by atoms with Gasteiger partial charge < -0.3 is 0 Å². The van der Waals surface area contributed by atoms with Crippen LogP contribution in [-0.2, 0) is 6.42 Å². The van der Waals surface area contributed by atoms with Crippen LogP contribution in [0.1, 0.15) is 31.2 Å². The van der Waals surface area contributed by atoms with Crippen LogP contribution in [0.4, 0.5) is 0 Å². The predicted molar refractivity (Wildman–Crippen MR) is 64.4 cm³/mol. The molecule has 0 aromatic heterocycles. The van der Waals surface area contributed by atoms with E-state index in [1.54, 1.807) is 5.57 Å². The second kappa shape index (κ2) is 4.79. The lowest BCUT2D eigenvalue weighted by atomic mass is 10.0. The Morgan fingerprint density at radius 3 is 2.71 bits per heavy atom. The molecule has 0 N–H and O–H groups in total. The Morgan fingerprint density at radius 1 is 1.14 bits per heavy atom. The van der Waals surface area contributed by atoms with Gasteiger partial charge in [-0.2, -0.15) is 0 Å². The molecule has 1 aromatic rings. The van der Waals surface area contributed by atoms with E-state index in [-0.39, 0.29) is 0 Å². The zero-order valence-electron chi connectivity index (χ0n) is 8.30.